The largest absolute Gasteiger partial charge is 0.493 e. The molecule has 4 heteroatoms. The first-order valence-electron chi connectivity index (χ1n) is 5.92. The molecule has 3 nitrogen and oxygen atoms in total. The van der Waals surface area contributed by atoms with Gasteiger partial charge in [0.15, 0.2) is 11.5 Å². The highest BCUT2D eigenvalue weighted by Crippen LogP contribution is 2.35. The molecule has 0 aromatic heterocycles. The Morgan fingerprint density at radius 1 is 1.44 bits per heavy atom. The number of rotatable bonds is 7. The fourth-order valence-electron chi connectivity index (χ4n) is 1.61. The Morgan fingerprint density at radius 2 is 2.17 bits per heavy atom. The van der Waals surface area contributed by atoms with Crippen molar-refractivity contribution in [3.8, 4) is 11.5 Å². The highest BCUT2D eigenvalue weighted by Gasteiger charge is 2.12. The fourth-order valence-corrected chi connectivity index (χ4v) is 1.84. The molecule has 1 aromatic rings. The Bertz CT molecular complexity index is 419. The van der Waals surface area contributed by atoms with Gasteiger partial charge >= 0.3 is 0 Å². The Morgan fingerprint density at radius 3 is 2.72 bits per heavy atom. The van der Waals surface area contributed by atoms with Crippen LogP contribution in [0.1, 0.15) is 18.9 Å². The third-order valence-corrected chi connectivity index (χ3v) is 2.72. The minimum absolute atomic E-state index is 0.542. The van der Waals surface area contributed by atoms with Crippen molar-refractivity contribution in [1.29, 1.82) is 0 Å². The summed E-state index contributed by atoms with van der Waals surface area (Å²) in [7, 11) is 1.60. The summed E-state index contributed by atoms with van der Waals surface area (Å²) >= 11 is 6.03. The lowest BCUT2D eigenvalue weighted by Gasteiger charge is -2.15. The van der Waals surface area contributed by atoms with E-state index in [0.29, 0.717) is 30.3 Å². The number of nitrogens with two attached hydrogens (primary N) is 1. The number of halogens is 1. The predicted molar refractivity (Wildman–Crippen MR) is 75.7 cm³/mol. The minimum Gasteiger partial charge on any atom is -0.493 e. The first-order chi connectivity index (χ1) is 8.58. The quantitative estimate of drug-likeness (QED) is 0.773. The first kappa shape index (κ1) is 14.9. The Hall–Kier alpha value is -1.19. The van der Waals surface area contributed by atoms with Crippen LogP contribution in [0.15, 0.2) is 24.3 Å². The van der Waals surface area contributed by atoms with Crippen molar-refractivity contribution in [2.75, 3.05) is 20.3 Å². The van der Waals surface area contributed by atoms with Gasteiger partial charge in [-0.15, -0.1) is 6.58 Å². The van der Waals surface area contributed by atoms with E-state index in [0.717, 1.165) is 23.3 Å². The van der Waals surface area contributed by atoms with Crippen LogP contribution in [0, 0.1) is 0 Å². The molecule has 0 aliphatic rings. The van der Waals surface area contributed by atoms with Crippen molar-refractivity contribution in [1.82, 2.24) is 0 Å². The monoisotopic (exact) mass is 269 g/mol. The molecule has 0 radical (unpaired) electrons. The third-order valence-electron chi connectivity index (χ3n) is 2.51. The van der Waals surface area contributed by atoms with Crippen LogP contribution in [-0.2, 0) is 6.42 Å². The van der Waals surface area contributed by atoms with E-state index < -0.39 is 0 Å². The normalized spacial score (nSPS) is 10.2. The van der Waals surface area contributed by atoms with E-state index in [4.69, 9.17) is 26.8 Å². The molecule has 18 heavy (non-hydrogen) atoms. The molecule has 100 valence electrons. The van der Waals surface area contributed by atoms with Crippen LogP contribution < -0.4 is 15.2 Å². The maximum atomic E-state index is 6.03. The molecule has 0 amide bonds. The maximum absolute atomic E-state index is 6.03. The summed E-state index contributed by atoms with van der Waals surface area (Å²) in [5.41, 5.74) is 7.66. The lowest BCUT2D eigenvalue weighted by atomic mass is 10.1. The summed E-state index contributed by atoms with van der Waals surface area (Å²) < 4.78 is 11.1. The Labute approximate surface area is 114 Å². The zero-order chi connectivity index (χ0) is 13.5. The van der Waals surface area contributed by atoms with E-state index in [9.17, 15) is 0 Å². The molecule has 0 unspecified atom stereocenters. The van der Waals surface area contributed by atoms with E-state index in [1.54, 1.807) is 13.2 Å². The van der Waals surface area contributed by atoms with Crippen molar-refractivity contribution in [3.63, 3.8) is 0 Å². The fraction of sp³-hybridized carbons (Fsp3) is 0.429. The zero-order valence-corrected chi connectivity index (χ0v) is 11.7. The molecule has 0 spiro atoms. The zero-order valence-electron chi connectivity index (χ0n) is 11.0. The second-order valence-corrected chi connectivity index (χ2v) is 4.63. The van der Waals surface area contributed by atoms with Crippen LogP contribution in [-0.4, -0.2) is 20.3 Å². The van der Waals surface area contributed by atoms with Gasteiger partial charge in [0.2, 0.25) is 0 Å². The number of ether oxygens (including phenoxy) is 2. The maximum Gasteiger partial charge on any atom is 0.164 e. The number of benzene rings is 1. The van der Waals surface area contributed by atoms with Crippen molar-refractivity contribution >= 4 is 11.6 Å². The highest BCUT2D eigenvalue weighted by atomic mass is 35.5. The van der Waals surface area contributed by atoms with E-state index in [-0.39, 0.29) is 0 Å². The molecule has 2 N–H and O–H groups in total. The second-order valence-electron chi connectivity index (χ2n) is 4.19. The molecule has 0 fully saturated rings. The van der Waals surface area contributed by atoms with E-state index in [2.05, 4.69) is 6.58 Å². The third kappa shape index (κ3) is 4.24. The molecular weight excluding hydrogens is 250 g/mol. The van der Waals surface area contributed by atoms with Gasteiger partial charge in [-0.25, -0.2) is 0 Å². The summed E-state index contributed by atoms with van der Waals surface area (Å²) in [5.74, 6) is 1.38. The molecular formula is C14H20ClNO2. The first-order valence-corrected chi connectivity index (χ1v) is 6.30. The Balaban J connectivity index is 2.93. The lowest BCUT2D eigenvalue weighted by Crippen LogP contribution is -2.07. The van der Waals surface area contributed by atoms with E-state index in [1.165, 1.54) is 0 Å². The van der Waals surface area contributed by atoms with Crippen molar-refractivity contribution in [2.24, 2.45) is 5.73 Å². The van der Waals surface area contributed by atoms with Crippen LogP contribution in [0.4, 0.5) is 0 Å². The Kier molecular flexibility index (Phi) is 6.02. The molecule has 0 atom stereocenters. The van der Waals surface area contributed by atoms with E-state index in [1.807, 2.05) is 13.0 Å². The van der Waals surface area contributed by atoms with Gasteiger partial charge in [-0.1, -0.05) is 17.2 Å². The topological polar surface area (TPSA) is 44.5 Å². The SMILES string of the molecule is C=C(C)CCOc1c(CCN)cc(Cl)cc1OC. The predicted octanol–water partition coefficient (Wildman–Crippen LogP) is 3.19. The van der Waals surface area contributed by atoms with Gasteiger partial charge in [-0.3, -0.25) is 0 Å². The van der Waals surface area contributed by atoms with Gasteiger partial charge in [0, 0.05) is 23.1 Å². The van der Waals surface area contributed by atoms with E-state index >= 15 is 0 Å². The second kappa shape index (κ2) is 7.29. The van der Waals surface area contributed by atoms with Crippen LogP contribution in [0.25, 0.3) is 0 Å². The molecule has 0 aliphatic carbocycles. The lowest BCUT2D eigenvalue weighted by molar-refractivity contribution is 0.294. The molecule has 1 rings (SSSR count). The molecule has 0 bridgehead atoms. The van der Waals surface area contributed by atoms with Crippen LogP contribution in [0.5, 0.6) is 11.5 Å². The number of methoxy groups -OCH3 is 1. The van der Waals surface area contributed by atoms with Crippen LogP contribution in [0.3, 0.4) is 0 Å². The van der Waals surface area contributed by atoms with Crippen LogP contribution in [0.2, 0.25) is 5.02 Å². The molecule has 1 aromatic carbocycles. The van der Waals surface area contributed by atoms with Gasteiger partial charge in [0.05, 0.1) is 13.7 Å². The number of hydrogen-bond acceptors (Lipinski definition) is 3. The average Bonchev–Trinajstić information content (AvgIpc) is 2.31. The highest BCUT2D eigenvalue weighted by molar-refractivity contribution is 6.30. The average molecular weight is 270 g/mol. The summed E-state index contributed by atoms with van der Waals surface area (Å²) in [6.45, 7) is 6.94. The van der Waals surface area contributed by atoms with Crippen molar-refractivity contribution < 1.29 is 9.47 Å². The standard InChI is InChI=1S/C14H20ClNO2/c1-10(2)5-7-18-14-11(4-6-16)8-12(15)9-13(14)17-3/h8-9H,1,4-7,16H2,2-3H3. The summed E-state index contributed by atoms with van der Waals surface area (Å²) in [5, 5.41) is 0.627. The van der Waals surface area contributed by atoms with Gasteiger partial charge in [-0.05, 0) is 26.0 Å². The smallest absolute Gasteiger partial charge is 0.164 e. The van der Waals surface area contributed by atoms with Gasteiger partial charge < -0.3 is 15.2 Å². The van der Waals surface area contributed by atoms with Crippen LogP contribution >= 0.6 is 11.6 Å². The number of hydrogen-bond donors (Lipinski definition) is 1. The summed E-state index contributed by atoms with van der Waals surface area (Å²) in [4.78, 5) is 0. The summed E-state index contributed by atoms with van der Waals surface area (Å²) in [6, 6.07) is 3.62. The van der Waals surface area contributed by atoms with Crippen molar-refractivity contribution in [3.05, 3.63) is 34.9 Å². The molecule has 0 heterocycles. The molecule has 0 saturated carbocycles. The molecule has 0 saturated heterocycles. The van der Waals surface area contributed by atoms with Gasteiger partial charge in [0.1, 0.15) is 0 Å². The minimum atomic E-state index is 0.542. The molecule has 0 aliphatic heterocycles. The van der Waals surface area contributed by atoms with Crippen molar-refractivity contribution in [2.45, 2.75) is 19.8 Å². The van der Waals surface area contributed by atoms with Gasteiger partial charge in [0.25, 0.3) is 0 Å². The summed E-state index contributed by atoms with van der Waals surface area (Å²) in [6.07, 6.45) is 1.52. The van der Waals surface area contributed by atoms with Gasteiger partial charge in [-0.2, -0.15) is 0 Å².